The van der Waals surface area contributed by atoms with Gasteiger partial charge in [0.25, 0.3) is 0 Å². The first-order valence-corrected chi connectivity index (χ1v) is 13.8. The van der Waals surface area contributed by atoms with Gasteiger partial charge in [-0.1, -0.05) is 96.8 Å². The number of esters is 2. The Bertz CT molecular complexity index is 737. The number of Topliss-reactive ketones (excluding diaryl/α,β-unsaturated/α-hetero) is 1. The second-order valence-electron chi connectivity index (χ2n) is 9.84. The molecule has 0 amide bonds. The summed E-state index contributed by atoms with van der Waals surface area (Å²) in [5.74, 6) is -11.0. The number of carbonyl (C=O) groups excluding carboxylic acids is 3. The zero-order valence-electron chi connectivity index (χ0n) is 22.6. The zero-order chi connectivity index (χ0) is 29.0. The Morgan fingerprint density at radius 2 is 1.13 bits per heavy atom. The third-order valence-electron chi connectivity index (χ3n) is 6.50. The van der Waals surface area contributed by atoms with Crippen LogP contribution in [0, 0.1) is 5.92 Å². The van der Waals surface area contributed by atoms with Crippen molar-refractivity contribution in [2.24, 2.45) is 5.92 Å². The number of carbonyl (C=O) groups is 5. The molecule has 0 spiro atoms. The molecule has 38 heavy (non-hydrogen) atoms. The Balaban J connectivity index is 4.59. The molecule has 0 rings (SSSR count). The normalized spacial score (nSPS) is 14.3. The van der Waals surface area contributed by atoms with Gasteiger partial charge in [-0.25, -0.2) is 9.59 Å². The molecular formula is C27H46O11. The minimum absolute atomic E-state index is 0.261. The van der Waals surface area contributed by atoms with Crippen molar-refractivity contribution in [3.8, 4) is 0 Å². The second kappa shape index (κ2) is 20.6. The van der Waals surface area contributed by atoms with Crippen molar-refractivity contribution in [3.63, 3.8) is 0 Å². The summed E-state index contributed by atoms with van der Waals surface area (Å²) < 4.78 is 4.27. The van der Waals surface area contributed by atoms with Crippen LogP contribution < -0.4 is 0 Å². The summed E-state index contributed by atoms with van der Waals surface area (Å²) in [5.41, 5.74) is -3.36. The van der Waals surface area contributed by atoms with Gasteiger partial charge in [-0.3, -0.25) is 14.4 Å². The molecule has 0 aliphatic rings. The van der Waals surface area contributed by atoms with E-state index in [1.807, 2.05) is 0 Å². The summed E-state index contributed by atoms with van der Waals surface area (Å²) in [6, 6.07) is 0. The van der Waals surface area contributed by atoms with Crippen molar-refractivity contribution in [1.82, 2.24) is 0 Å². The van der Waals surface area contributed by atoms with E-state index < -0.39 is 60.3 Å². The first-order valence-electron chi connectivity index (χ1n) is 13.8. The van der Waals surface area contributed by atoms with Crippen molar-refractivity contribution >= 4 is 29.7 Å². The first kappa shape index (κ1) is 35.6. The highest BCUT2D eigenvalue weighted by molar-refractivity contribution is 6.08. The molecule has 220 valence electrons. The number of carboxylic acid groups (broad SMARTS) is 2. The maximum atomic E-state index is 12.7. The summed E-state index contributed by atoms with van der Waals surface area (Å²) in [4.78, 5) is 59.6. The molecular weight excluding hydrogens is 500 g/mol. The quantitative estimate of drug-likeness (QED) is 0.0677. The van der Waals surface area contributed by atoms with Crippen LogP contribution in [0.4, 0.5) is 0 Å². The first-order chi connectivity index (χ1) is 18.0. The minimum Gasteiger partial charge on any atom is -0.481 e. The van der Waals surface area contributed by atoms with E-state index in [1.165, 1.54) is 57.8 Å². The maximum absolute atomic E-state index is 12.7. The van der Waals surface area contributed by atoms with Gasteiger partial charge in [0, 0.05) is 6.42 Å². The Labute approximate surface area is 224 Å². The Morgan fingerprint density at radius 3 is 1.50 bits per heavy atom. The second-order valence-corrected chi connectivity index (χ2v) is 9.84. The molecule has 11 heteroatoms. The number of aliphatic carboxylic acids is 2. The van der Waals surface area contributed by atoms with E-state index in [2.05, 4.69) is 11.7 Å². The molecule has 0 aromatic heterocycles. The lowest BCUT2D eigenvalue weighted by atomic mass is 9.80. The van der Waals surface area contributed by atoms with Crippen molar-refractivity contribution in [3.05, 3.63) is 0 Å². The lowest BCUT2D eigenvalue weighted by Crippen LogP contribution is -2.55. The summed E-state index contributed by atoms with van der Waals surface area (Å²) in [6.07, 6.45) is 12.3. The number of unbranched alkanes of at least 4 members (excludes halogenated alkanes) is 14. The SMILES string of the molecule is CCCCCCCCCCCCCCCCCC(=O)C(C(=O)OC(=O)C(O)CO)C(O)(CC(=O)O)C(=O)O. The van der Waals surface area contributed by atoms with Crippen LogP contribution in [0.5, 0.6) is 0 Å². The molecule has 0 radical (unpaired) electrons. The van der Waals surface area contributed by atoms with Crippen LogP contribution >= 0.6 is 0 Å². The van der Waals surface area contributed by atoms with Crippen LogP contribution in [-0.2, 0) is 28.7 Å². The number of ketones is 1. The molecule has 0 aliphatic heterocycles. The molecule has 11 nitrogen and oxygen atoms in total. The van der Waals surface area contributed by atoms with Crippen molar-refractivity contribution in [1.29, 1.82) is 0 Å². The van der Waals surface area contributed by atoms with Crippen LogP contribution in [-0.4, -0.2) is 73.5 Å². The zero-order valence-corrected chi connectivity index (χ0v) is 22.6. The summed E-state index contributed by atoms with van der Waals surface area (Å²) in [6.45, 7) is 1.10. The van der Waals surface area contributed by atoms with Gasteiger partial charge >= 0.3 is 23.9 Å². The summed E-state index contributed by atoms with van der Waals surface area (Å²) >= 11 is 0. The van der Waals surface area contributed by atoms with Crippen LogP contribution in [0.1, 0.15) is 116 Å². The fraction of sp³-hybridized carbons (Fsp3) is 0.815. The number of aliphatic hydroxyl groups excluding tert-OH is 2. The molecule has 0 saturated heterocycles. The van der Waals surface area contributed by atoms with Crippen molar-refractivity contribution in [2.45, 2.75) is 128 Å². The average molecular weight is 547 g/mol. The predicted octanol–water partition coefficient (Wildman–Crippen LogP) is 3.15. The fourth-order valence-electron chi connectivity index (χ4n) is 4.24. The van der Waals surface area contributed by atoms with Gasteiger partial charge in [0.1, 0.15) is 0 Å². The van der Waals surface area contributed by atoms with E-state index in [-0.39, 0.29) is 12.8 Å². The molecule has 0 bridgehead atoms. The topological polar surface area (TPSA) is 196 Å². The molecule has 5 N–H and O–H groups in total. The molecule has 0 heterocycles. The highest BCUT2D eigenvalue weighted by Gasteiger charge is 2.54. The fourth-order valence-corrected chi connectivity index (χ4v) is 4.24. The Hall–Kier alpha value is -2.37. The van der Waals surface area contributed by atoms with Crippen molar-refractivity contribution in [2.75, 3.05) is 6.61 Å². The van der Waals surface area contributed by atoms with E-state index in [1.54, 1.807) is 0 Å². The third-order valence-corrected chi connectivity index (χ3v) is 6.50. The van der Waals surface area contributed by atoms with Gasteiger partial charge in [0.05, 0.1) is 13.0 Å². The number of rotatable bonds is 24. The number of hydrogen-bond donors (Lipinski definition) is 5. The smallest absolute Gasteiger partial charge is 0.345 e. The maximum Gasteiger partial charge on any atom is 0.345 e. The van der Waals surface area contributed by atoms with Gasteiger partial charge in [-0.15, -0.1) is 0 Å². The third kappa shape index (κ3) is 14.5. The predicted molar refractivity (Wildman–Crippen MR) is 137 cm³/mol. The van der Waals surface area contributed by atoms with E-state index in [0.717, 1.165) is 25.7 Å². The number of hydrogen-bond acceptors (Lipinski definition) is 9. The summed E-state index contributed by atoms with van der Waals surface area (Å²) in [5, 5.41) is 46.9. The number of carboxylic acids is 2. The summed E-state index contributed by atoms with van der Waals surface area (Å²) in [7, 11) is 0. The van der Waals surface area contributed by atoms with E-state index >= 15 is 0 Å². The minimum atomic E-state index is -3.36. The van der Waals surface area contributed by atoms with Gasteiger partial charge < -0.3 is 30.3 Å². The average Bonchev–Trinajstić information content (AvgIpc) is 2.85. The molecule has 0 fully saturated rings. The molecule has 0 aliphatic carbocycles. The van der Waals surface area contributed by atoms with Crippen LogP contribution in [0.15, 0.2) is 0 Å². The van der Waals surface area contributed by atoms with E-state index in [9.17, 15) is 39.3 Å². The van der Waals surface area contributed by atoms with E-state index in [0.29, 0.717) is 6.42 Å². The van der Waals surface area contributed by atoms with Gasteiger partial charge in [0.15, 0.2) is 23.4 Å². The van der Waals surface area contributed by atoms with Gasteiger partial charge in [0.2, 0.25) is 0 Å². The van der Waals surface area contributed by atoms with Crippen LogP contribution in [0.2, 0.25) is 0 Å². The molecule has 0 saturated carbocycles. The molecule has 3 atom stereocenters. The molecule has 0 aromatic rings. The highest BCUT2D eigenvalue weighted by atomic mass is 16.6. The molecule has 3 unspecified atom stereocenters. The number of ether oxygens (including phenoxy) is 1. The lowest BCUT2D eigenvalue weighted by Gasteiger charge is -2.28. The monoisotopic (exact) mass is 546 g/mol. The largest absolute Gasteiger partial charge is 0.481 e. The standard InChI is InChI=1S/C27H46O11/c1-2-3-4-5-6-7-8-9-10-11-12-13-14-15-16-17-20(29)23(25(34)38-24(33)21(30)19-28)27(37,26(35)36)18-22(31)32/h21,23,28,30,37H,2-19H2,1H3,(H,31,32)(H,35,36). The van der Waals surface area contributed by atoms with Crippen molar-refractivity contribution < 1.29 is 54.2 Å². The van der Waals surface area contributed by atoms with Gasteiger partial charge in [-0.2, -0.15) is 0 Å². The van der Waals surface area contributed by atoms with Crippen LogP contribution in [0.3, 0.4) is 0 Å². The lowest BCUT2D eigenvalue weighted by molar-refractivity contribution is -0.187. The Kier molecular flexibility index (Phi) is 19.3. The highest BCUT2D eigenvalue weighted by Crippen LogP contribution is 2.27. The Morgan fingerprint density at radius 1 is 0.711 bits per heavy atom. The van der Waals surface area contributed by atoms with Gasteiger partial charge in [-0.05, 0) is 6.42 Å². The number of aliphatic hydroxyl groups is 3. The van der Waals surface area contributed by atoms with E-state index in [4.69, 9.17) is 10.2 Å². The molecule has 0 aromatic carbocycles. The van der Waals surface area contributed by atoms with Crippen LogP contribution in [0.25, 0.3) is 0 Å².